The molecule has 100 heavy (non-hydrogen) atoms. The van der Waals surface area contributed by atoms with Gasteiger partial charge in [0.25, 0.3) is 0 Å². The van der Waals surface area contributed by atoms with E-state index in [1.165, 1.54) is 174 Å². The van der Waals surface area contributed by atoms with E-state index < -0.39 is 0 Å². The van der Waals surface area contributed by atoms with Crippen LogP contribution in [-0.2, 0) is 0 Å². The van der Waals surface area contributed by atoms with Crippen molar-refractivity contribution in [3.05, 3.63) is 364 Å². The van der Waals surface area contributed by atoms with Gasteiger partial charge in [-0.1, -0.05) is 279 Å². The molecule has 0 saturated heterocycles. The second kappa shape index (κ2) is 22.1. The molecule has 4 aromatic heterocycles. The van der Waals surface area contributed by atoms with E-state index in [-0.39, 0.29) is 0 Å². The van der Waals surface area contributed by atoms with E-state index in [2.05, 4.69) is 382 Å². The zero-order valence-corrected chi connectivity index (χ0v) is 54.4. The molecule has 0 atom stereocenters. The Hall–Kier alpha value is -13.3. The van der Waals surface area contributed by atoms with Crippen molar-refractivity contribution in [1.82, 2.24) is 18.3 Å². The molecular formula is C96H60N4. The maximum Gasteiger partial charge on any atom is 0.0648 e. The summed E-state index contributed by atoms with van der Waals surface area (Å²) in [6.45, 7) is 0. The van der Waals surface area contributed by atoms with Crippen molar-refractivity contribution in [2.45, 2.75) is 0 Å². The number of benzene rings is 18. The summed E-state index contributed by atoms with van der Waals surface area (Å²) in [6.07, 6.45) is 0. The van der Waals surface area contributed by atoms with E-state index in [4.69, 9.17) is 0 Å². The Kier molecular flexibility index (Phi) is 12.4. The van der Waals surface area contributed by atoms with Crippen LogP contribution in [0.4, 0.5) is 0 Å². The van der Waals surface area contributed by atoms with Gasteiger partial charge in [-0.3, -0.25) is 0 Å². The standard InChI is InChI=1S/2C48H30N2/c1-2-17-36(18-3-1)49-42-24-11-10-23-41(42)46-47(49)40-22-9-8-21-39(40)45-44-38-20-7-6-14-32(38)27-28-43(44)50(48(45)46)37-19-12-16-34(30-37)35-26-25-31-13-4-5-15-33(31)29-35;1-2-15-36(16-3-1)49-42-21-11-10-20-41(42)46-47(49)40-19-9-8-18-39(40)45-44-38-17-7-6-13-33(38)26-29-43(44)50(48(45)46)37-27-24-32(25-28-37)35-23-22-31-12-4-5-14-34(31)30-35/h2*1-30H. The molecule has 0 aliphatic heterocycles. The lowest BCUT2D eigenvalue weighted by Crippen LogP contribution is -1.97. The quantitative estimate of drug-likeness (QED) is 0.158. The highest BCUT2D eigenvalue weighted by Crippen LogP contribution is 2.51. The summed E-state index contributed by atoms with van der Waals surface area (Å²) in [7, 11) is 0. The van der Waals surface area contributed by atoms with Gasteiger partial charge in [0.2, 0.25) is 0 Å². The van der Waals surface area contributed by atoms with E-state index in [0.29, 0.717) is 0 Å². The summed E-state index contributed by atoms with van der Waals surface area (Å²) in [4.78, 5) is 0. The molecule has 0 radical (unpaired) electrons. The van der Waals surface area contributed by atoms with Gasteiger partial charge in [0.1, 0.15) is 0 Å². The minimum atomic E-state index is 1.15. The van der Waals surface area contributed by atoms with Gasteiger partial charge in [-0.05, 0) is 161 Å². The fraction of sp³-hybridized carbons (Fsp3) is 0. The molecule has 4 heteroatoms. The molecule has 0 saturated carbocycles. The second-order valence-electron chi connectivity index (χ2n) is 26.6. The molecule has 22 aromatic rings. The number of para-hydroxylation sites is 4. The first-order valence-electron chi connectivity index (χ1n) is 34.6. The molecule has 0 unspecified atom stereocenters. The van der Waals surface area contributed by atoms with Crippen LogP contribution in [-0.4, -0.2) is 18.3 Å². The Morgan fingerprint density at radius 3 is 0.960 bits per heavy atom. The predicted octanol–water partition coefficient (Wildman–Crippen LogP) is 26.0. The Morgan fingerprint density at radius 2 is 0.470 bits per heavy atom. The molecule has 4 heterocycles. The first-order chi connectivity index (χ1) is 49.7. The highest BCUT2D eigenvalue weighted by Gasteiger charge is 2.28. The third kappa shape index (κ3) is 8.35. The molecule has 0 spiro atoms. The van der Waals surface area contributed by atoms with Crippen molar-refractivity contribution in [2.24, 2.45) is 0 Å². The number of hydrogen-bond acceptors (Lipinski definition) is 0. The van der Waals surface area contributed by atoms with Crippen molar-refractivity contribution in [3.8, 4) is 45.0 Å². The zero-order valence-electron chi connectivity index (χ0n) is 54.4. The highest BCUT2D eigenvalue weighted by atomic mass is 15.0. The third-order valence-electron chi connectivity index (χ3n) is 21.3. The summed E-state index contributed by atoms with van der Waals surface area (Å²) in [5.41, 5.74) is 19.3. The van der Waals surface area contributed by atoms with Gasteiger partial charge in [0.05, 0.1) is 44.1 Å². The number of fused-ring (bicyclic) bond motifs is 26. The molecule has 0 N–H and O–H groups in total. The second-order valence-corrected chi connectivity index (χ2v) is 26.6. The largest absolute Gasteiger partial charge is 0.309 e. The lowest BCUT2D eigenvalue weighted by Gasteiger charge is -2.14. The fourth-order valence-electron chi connectivity index (χ4n) is 17.0. The Balaban J connectivity index is 0.000000131. The molecule has 464 valence electrons. The van der Waals surface area contributed by atoms with Gasteiger partial charge in [0, 0.05) is 76.6 Å². The van der Waals surface area contributed by atoms with Crippen LogP contribution in [0.1, 0.15) is 0 Å². The van der Waals surface area contributed by atoms with E-state index >= 15 is 0 Å². The topological polar surface area (TPSA) is 19.7 Å². The normalized spacial score (nSPS) is 12.0. The van der Waals surface area contributed by atoms with Crippen LogP contribution in [0.2, 0.25) is 0 Å². The zero-order chi connectivity index (χ0) is 65.5. The fourth-order valence-corrected chi connectivity index (χ4v) is 17.0. The first-order valence-corrected chi connectivity index (χ1v) is 34.6. The van der Waals surface area contributed by atoms with Gasteiger partial charge < -0.3 is 18.3 Å². The summed E-state index contributed by atoms with van der Waals surface area (Å²) in [6, 6.07) is 133. The molecule has 18 aromatic carbocycles. The van der Waals surface area contributed by atoms with E-state index in [1.54, 1.807) is 0 Å². The minimum absolute atomic E-state index is 1.15. The van der Waals surface area contributed by atoms with Gasteiger partial charge in [0.15, 0.2) is 0 Å². The van der Waals surface area contributed by atoms with Crippen LogP contribution < -0.4 is 0 Å². The first kappa shape index (κ1) is 55.9. The van der Waals surface area contributed by atoms with Crippen molar-refractivity contribution >= 4 is 152 Å². The number of aromatic nitrogens is 4. The molecule has 4 nitrogen and oxygen atoms in total. The maximum absolute atomic E-state index is 2.54. The highest BCUT2D eigenvalue weighted by molar-refractivity contribution is 6.41. The lowest BCUT2D eigenvalue weighted by atomic mass is 9.97. The summed E-state index contributed by atoms with van der Waals surface area (Å²) < 4.78 is 10.0. The molecule has 0 bridgehead atoms. The molecular weight excluding hydrogens is 1210 g/mol. The van der Waals surface area contributed by atoms with Gasteiger partial charge in [-0.25, -0.2) is 0 Å². The van der Waals surface area contributed by atoms with Gasteiger partial charge in [-0.2, -0.15) is 0 Å². The van der Waals surface area contributed by atoms with Crippen molar-refractivity contribution in [3.63, 3.8) is 0 Å². The van der Waals surface area contributed by atoms with Gasteiger partial charge >= 0.3 is 0 Å². The Bertz CT molecular complexity index is 7130. The van der Waals surface area contributed by atoms with Crippen molar-refractivity contribution in [2.75, 3.05) is 0 Å². The van der Waals surface area contributed by atoms with Crippen LogP contribution in [0.15, 0.2) is 364 Å². The van der Waals surface area contributed by atoms with E-state index in [0.717, 1.165) is 22.7 Å². The number of hydrogen-bond donors (Lipinski definition) is 0. The smallest absolute Gasteiger partial charge is 0.0648 e. The third-order valence-corrected chi connectivity index (χ3v) is 21.3. The number of rotatable bonds is 6. The maximum atomic E-state index is 2.54. The van der Waals surface area contributed by atoms with Crippen molar-refractivity contribution < 1.29 is 0 Å². The average molecular weight is 1270 g/mol. The summed E-state index contributed by atoms with van der Waals surface area (Å²) in [5, 5.41) is 25.4. The van der Waals surface area contributed by atoms with Crippen LogP contribution in [0.25, 0.3) is 197 Å². The molecule has 0 aliphatic carbocycles. The van der Waals surface area contributed by atoms with Crippen molar-refractivity contribution in [1.29, 1.82) is 0 Å². The Morgan fingerprint density at radius 1 is 0.140 bits per heavy atom. The lowest BCUT2D eigenvalue weighted by molar-refractivity contribution is 1.18. The molecule has 0 aliphatic rings. The van der Waals surface area contributed by atoms with Gasteiger partial charge in [-0.15, -0.1) is 0 Å². The Labute approximate surface area is 575 Å². The SMILES string of the molecule is c1ccc(-n2c3ccccc3c3c2c2ccccc2c2c4c5ccccc5ccc4n(-c4ccc(-c5ccc6ccccc6c5)cc4)c23)cc1.c1ccc(-n2c3ccccc3c3c2c2ccccc2c2c4c5ccccc5ccc4n(-c4cccc(-c5ccc6ccccc6c5)c4)c23)cc1. The number of nitrogens with zero attached hydrogens (tertiary/aromatic N) is 4. The average Bonchev–Trinajstić information content (AvgIpc) is 1.47. The van der Waals surface area contributed by atoms with Crippen LogP contribution >= 0.6 is 0 Å². The van der Waals surface area contributed by atoms with Crippen LogP contribution in [0.5, 0.6) is 0 Å². The molecule has 0 amide bonds. The molecule has 0 fully saturated rings. The van der Waals surface area contributed by atoms with E-state index in [1.807, 2.05) is 0 Å². The van der Waals surface area contributed by atoms with Crippen LogP contribution in [0.3, 0.4) is 0 Å². The summed E-state index contributed by atoms with van der Waals surface area (Å²) in [5.74, 6) is 0. The molecule has 22 rings (SSSR count). The predicted molar refractivity (Wildman–Crippen MR) is 426 cm³/mol. The van der Waals surface area contributed by atoms with Crippen LogP contribution in [0, 0.1) is 0 Å². The summed E-state index contributed by atoms with van der Waals surface area (Å²) >= 11 is 0. The monoisotopic (exact) mass is 1270 g/mol. The minimum Gasteiger partial charge on any atom is -0.309 e. The van der Waals surface area contributed by atoms with E-state index in [9.17, 15) is 0 Å².